The van der Waals surface area contributed by atoms with E-state index in [1.165, 1.54) is 17.2 Å². The fourth-order valence-corrected chi connectivity index (χ4v) is 4.56. The number of hydrogen-bond donors (Lipinski definition) is 1. The molecule has 0 unspecified atom stereocenters. The van der Waals surface area contributed by atoms with Crippen molar-refractivity contribution < 1.29 is 27.5 Å². The van der Waals surface area contributed by atoms with Gasteiger partial charge in [-0.15, -0.1) is 0 Å². The summed E-state index contributed by atoms with van der Waals surface area (Å²) < 4.78 is 45.6. The first-order chi connectivity index (χ1) is 16.3. The molecular weight excluding hydrogens is 457 g/mol. The third-order valence-corrected chi connectivity index (χ3v) is 6.12. The lowest BCUT2D eigenvalue weighted by Gasteiger charge is -2.30. The monoisotopic (exact) mass is 484 g/mol. The summed E-state index contributed by atoms with van der Waals surface area (Å²) in [6, 6.07) is 10.7. The molecule has 5 nitrogen and oxygen atoms in total. The van der Waals surface area contributed by atoms with Gasteiger partial charge in [-0.3, -0.25) is 4.79 Å². The lowest BCUT2D eigenvalue weighted by Crippen LogP contribution is -2.37. The normalized spacial score (nSPS) is 15.6. The third kappa shape index (κ3) is 4.57. The van der Waals surface area contributed by atoms with Gasteiger partial charge in [0.25, 0.3) is 5.91 Å². The summed E-state index contributed by atoms with van der Waals surface area (Å²) in [7, 11) is 0. The van der Waals surface area contributed by atoms with E-state index in [0.717, 1.165) is 28.6 Å². The highest BCUT2D eigenvalue weighted by Gasteiger charge is 2.38. The average Bonchev–Trinajstić information content (AvgIpc) is 3.10. The highest BCUT2D eigenvalue weighted by molar-refractivity contribution is 6.18. The number of nitrogens with one attached hydrogen (secondary N) is 1. The molecule has 3 aromatic rings. The number of aryl methyl sites for hydroxylation is 1. The number of aromatic amines is 1. The van der Waals surface area contributed by atoms with Crippen LogP contribution in [0.3, 0.4) is 0 Å². The van der Waals surface area contributed by atoms with Gasteiger partial charge in [-0.05, 0) is 50.1 Å². The highest BCUT2D eigenvalue weighted by atomic mass is 19.4. The van der Waals surface area contributed by atoms with Crippen LogP contribution in [0.15, 0.2) is 48.7 Å². The zero-order chi connectivity index (χ0) is 25.7. The van der Waals surface area contributed by atoms with Crippen LogP contribution in [-0.4, -0.2) is 34.4 Å². The summed E-state index contributed by atoms with van der Waals surface area (Å²) in [5.74, 6) is -1.24. The van der Waals surface area contributed by atoms with Crippen LogP contribution in [0.25, 0.3) is 16.5 Å². The van der Waals surface area contributed by atoms with Gasteiger partial charge in [-0.2, -0.15) is 13.2 Å². The minimum Gasteiger partial charge on any atom is -0.459 e. The molecule has 1 aliphatic rings. The number of halogens is 3. The standard InChI is InChI=1S/C27H27F3N2O3/c1-15(2)35-25(34)20-13-32(24(33)19-12-17(27(28,29)30)11-10-16(19)3)14-26(4,5)22-18-8-6-7-9-21(18)31-23(20)22/h6-13,15,31H,14H2,1-5H3. The zero-order valence-electron chi connectivity index (χ0n) is 20.2. The number of ether oxygens (including phenoxy) is 1. The number of benzene rings is 2. The van der Waals surface area contributed by atoms with Crippen molar-refractivity contribution in [2.24, 2.45) is 0 Å². The molecule has 2 aromatic carbocycles. The van der Waals surface area contributed by atoms with Crippen LogP contribution < -0.4 is 0 Å². The lowest BCUT2D eigenvalue weighted by molar-refractivity contribution is -0.140. The summed E-state index contributed by atoms with van der Waals surface area (Å²) in [6.45, 7) is 9.06. The summed E-state index contributed by atoms with van der Waals surface area (Å²) >= 11 is 0. The second-order valence-electron chi connectivity index (χ2n) is 9.76. The van der Waals surface area contributed by atoms with Gasteiger partial charge < -0.3 is 14.6 Å². The Morgan fingerprint density at radius 2 is 1.80 bits per heavy atom. The number of aromatic nitrogens is 1. The summed E-state index contributed by atoms with van der Waals surface area (Å²) in [5, 5.41) is 0.903. The summed E-state index contributed by atoms with van der Waals surface area (Å²) in [6.07, 6.45) is -3.59. The van der Waals surface area contributed by atoms with Crippen LogP contribution in [0.1, 0.15) is 60.4 Å². The molecule has 0 saturated carbocycles. The molecule has 0 radical (unpaired) electrons. The summed E-state index contributed by atoms with van der Waals surface area (Å²) in [4.78, 5) is 31.4. The van der Waals surface area contributed by atoms with Gasteiger partial charge in [0, 0.05) is 34.6 Å². The van der Waals surface area contributed by atoms with E-state index in [9.17, 15) is 22.8 Å². The largest absolute Gasteiger partial charge is 0.459 e. The van der Waals surface area contributed by atoms with Crippen molar-refractivity contribution in [1.82, 2.24) is 9.88 Å². The molecule has 2 heterocycles. The fourth-order valence-electron chi connectivity index (χ4n) is 4.56. The third-order valence-electron chi connectivity index (χ3n) is 6.12. The number of carbonyl (C=O) groups excluding carboxylic acids is 2. The Labute approximate surface area is 201 Å². The molecule has 0 aliphatic carbocycles. The second kappa shape index (κ2) is 8.59. The average molecular weight is 485 g/mol. The van der Waals surface area contributed by atoms with Crippen LogP contribution in [0.2, 0.25) is 0 Å². The second-order valence-corrected chi connectivity index (χ2v) is 9.76. The number of rotatable bonds is 3. The van der Waals surface area contributed by atoms with E-state index in [4.69, 9.17) is 4.74 Å². The molecule has 35 heavy (non-hydrogen) atoms. The van der Waals surface area contributed by atoms with E-state index in [1.54, 1.807) is 20.8 Å². The number of para-hydroxylation sites is 1. The predicted octanol–water partition coefficient (Wildman–Crippen LogP) is 6.22. The van der Waals surface area contributed by atoms with Crippen LogP contribution in [-0.2, 0) is 21.1 Å². The smallest absolute Gasteiger partial charge is 0.416 e. The van der Waals surface area contributed by atoms with Gasteiger partial charge in [0.2, 0.25) is 0 Å². The Bertz CT molecular complexity index is 1350. The number of alkyl halides is 3. The minimum absolute atomic E-state index is 0.0705. The molecular formula is C27H27F3N2O3. The quantitative estimate of drug-likeness (QED) is 0.449. The van der Waals surface area contributed by atoms with Gasteiger partial charge in [0.15, 0.2) is 0 Å². The number of hydrogen-bond acceptors (Lipinski definition) is 3. The highest BCUT2D eigenvalue weighted by Crippen LogP contribution is 2.41. The van der Waals surface area contributed by atoms with Gasteiger partial charge in [0.05, 0.1) is 22.9 Å². The van der Waals surface area contributed by atoms with Crippen molar-refractivity contribution in [3.63, 3.8) is 0 Å². The van der Waals surface area contributed by atoms with Crippen LogP contribution >= 0.6 is 0 Å². The number of carbonyl (C=O) groups is 2. The van der Waals surface area contributed by atoms with Gasteiger partial charge in [-0.25, -0.2) is 4.79 Å². The topological polar surface area (TPSA) is 62.4 Å². The Balaban J connectivity index is 1.90. The Morgan fingerprint density at radius 3 is 2.46 bits per heavy atom. The van der Waals surface area contributed by atoms with Crippen molar-refractivity contribution >= 4 is 28.4 Å². The first-order valence-corrected chi connectivity index (χ1v) is 11.3. The molecule has 1 amide bonds. The van der Waals surface area contributed by atoms with E-state index < -0.39 is 35.1 Å². The van der Waals surface area contributed by atoms with E-state index >= 15 is 0 Å². The fraction of sp³-hybridized carbons (Fsp3) is 0.333. The molecule has 8 heteroatoms. The van der Waals surface area contributed by atoms with Crippen molar-refractivity contribution in [3.8, 4) is 0 Å². The zero-order valence-corrected chi connectivity index (χ0v) is 20.2. The van der Waals surface area contributed by atoms with Crippen molar-refractivity contribution in [3.05, 3.63) is 76.6 Å². The number of amides is 1. The number of esters is 1. The van der Waals surface area contributed by atoms with E-state index in [0.29, 0.717) is 11.3 Å². The van der Waals surface area contributed by atoms with E-state index in [-0.39, 0.29) is 17.7 Å². The molecule has 0 spiro atoms. The molecule has 0 saturated heterocycles. The Kier molecular flexibility index (Phi) is 6.03. The predicted molar refractivity (Wildman–Crippen MR) is 128 cm³/mol. The molecule has 184 valence electrons. The van der Waals surface area contributed by atoms with Crippen molar-refractivity contribution in [2.75, 3.05) is 6.54 Å². The van der Waals surface area contributed by atoms with Crippen molar-refractivity contribution in [1.29, 1.82) is 0 Å². The molecule has 0 atom stereocenters. The number of nitrogens with zero attached hydrogens (tertiary/aromatic N) is 1. The number of H-pyrrole nitrogens is 1. The lowest BCUT2D eigenvalue weighted by atomic mass is 9.81. The molecule has 1 aliphatic heterocycles. The van der Waals surface area contributed by atoms with Gasteiger partial charge in [-0.1, -0.05) is 38.1 Å². The molecule has 1 N–H and O–H groups in total. The molecule has 4 rings (SSSR count). The first kappa shape index (κ1) is 24.6. The van der Waals surface area contributed by atoms with Crippen molar-refractivity contribution in [2.45, 2.75) is 52.3 Å². The minimum atomic E-state index is -4.58. The van der Waals surface area contributed by atoms with E-state index in [1.807, 2.05) is 38.1 Å². The SMILES string of the molecule is Cc1ccc(C(F)(F)F)cc1C(=O)N1C=C(C(=O)OC(C)C)c2[nH]c3ccccc3c2C(C)(C)C1. The molecule has 0 bridgehead atoms. The van der Waals surface area contributed by atoms with Crippen LogP contribution in [0.5, 0.6) is 0 Å². The Morgan fingerprint density at radius 1 is 1.11 bits per heavy atom. The van der Waals surface area contributed by atoms with Crippen LogP contribution in [0, 0.1) is 6.92 Å². The van der Waals surface area contributed by atoms with Gasteiger partial charge >= 0.3 is 12.1 Å². The maximum Gasteiger partial charge on any atom is 0.416 e. The maximum absolute atomic E-state index is 13.6. The summed E-state index contributed by atoms with van der Waals surface area (Å²) in [5.41, 5.74) is 1.16. The molecule has 0 fully saturated rings. The first-order valence-electron chi connectivity index (χ1n) is 11.3. The maximum atomic E-state index is 13.6. The molecule has 1 aromatic heterocycles. The van der Waals surface area contributed by atoms with Gasteiger partial charge in [0.1, 0.15) is 0 Å². The Hall–Kier alpha value is -3.55. The number of fused-ring (bicyclic) bond motifs is 3. The van der Waals surface area contributed by atoms with Crippen LogP contribution in [0.4, 0.5) is 13.2 Å². The van der Waals surface area contributed by atoms with E-state index in [2.05, 4.69) is 4.98 Å².